The summed E-state index contributed by atoms with van der Waals surface area (Å²) in [5.41, 5.74) is 5.46. The number of pyridine rings is 1. The van der Waals surface area contributed by atoms with Gasteiger partial charge in [0.25, 0.3) is 11.7 Å². The van der Waals surface area contributed by atoms with Crippen LogP contribution in [0, 0.1) is 0 Å². The van der Waals surface area contributed by atoms with Crippen molar-refractivity contribution >= 4 is 54.5 Å². The fourth-order valence-corrected chi connectivity index (χ4v) is 3.74. The number of hydrogen-bond acceptors (Lipinski definition) is 3. The summed E-state index contributed by atoms with van der Waals surface area (Å²) in [7, 11) is 0. The van der Waals surface area contributed by atoms with Crippen molar-refractivity contribution in [2.24, 2.45) is 0 Å². The monoisotopic (exact) mass is 526 g/mol. The van der Waals surface area contributed by atoms with E-state index in [-0.39, 0.29) is 0 Å². The molecule has 0 radical (unpaired) electrons. The van der Waals surface area contributed by atoms with Gasteiger partial charge in [0.1, 0.15) is 5.52 Å². The van der Waals surface area contributed by atoms with Crippen molar-refractivity contribution in [3.8, 4) is 0 Å². The first kappa shape index (κ1) is 20.5. The first-order chi connectivity index (χ1) is 14.5. The summed E-state index contributed by atoms with van der Waals surface area (Å²) in [6, 6.07) is 25.6. The number of nitrogens with one attached hydrogen (secondary N) is 3. The van der Waals surface area contributed by atoms with E-state index < -0.39 is 11.5 Å². The standard InChI is InChI=1S/C23H17Br2N3O2/c24-18-10-6-16(7-11-18)23(30,17-8-12-19(25)13-9-17)22(29)28-27-21-14-5-15-3-1-2-4-20(15)26-21/h1-14,30H,(H,26,27)(H,28,29)/p+1. The molecule has 0 aliphatic rings. The predicted molar refractivity (Wildman–Crippen MR) is 124 cm³/mol. The molecule has 0 fully saturated rings. The number of fused-ring (bicyclic) bond motifs is 1. The molecule has 0 saturated heterocycles. The molecule has 150 valence electrons. The Kier molecular flexibility index (Phi) is 5.85. The first-order valence-electron chi connectivity index (χ1n) is 9.19. The van der Waals surface area contributed by atoms with Crippen LogP contribution in [-0.4, -0.2) is 11.0 Å². The lowest BCUT2D eigenvalue weighted by molar-refractivity contribution is -0.327. The molecule has 1 aromatic heterocycles. The highest BCUT2D eigenvalue weighted by Gasteiger charge is 2.41. The lowest BCUT2D eigenvalue weighted by Crippen LogP contribution is -2.48. The smallest absolute Gasteiger partial charge is 0.296 e. The minimum absolute atomic E-state index is 0.454. The zero-order valence-electron chi connectivity index (χ0n) is 15.7. The number of carbonyl (C=O) groups excluding carboxylic acids is 1. The van der Waals surface area contributed by atoms with Gasteiger partial charge in [0.05, 0.1) is 0 Å². The largest absolute Gasteiger partial charge is 0.372 e. The zero-order chi connectivity index (χ0) is 21.1. The Morgan fingerprint density at radius 2 is 1.37 bits per heavy atom. The minimum atomic E-state index is -1.88. The van der Waals surface area contributed by atoms with Gasteiger partial charge in [-0.1, -0.05) is 74.3 Å². The van der Waals surface area contributed by atoms with Crippen LogP contribution in [0.2, 0.25) is 0 Å². The van der Waals surface area contributed by atoms with Crippen LogP contribution in [0.3, 0.4) is 0 Å². The number of hydrazine groups is 1. The summed E-state index contributed by atoms with van der Waals surface area (Å²) in [5.74, 6) is -0.00952. The van der Waals surface area contributed by atoms with Crippen LogP contribution in [-0.2, 0) is 10.4 Å². The van der Waals surface area contributed by atoms with Crippen LogP contribution in [0.5, 0.6) is 0 Å². The number of amides is 1. The number of H-pyrrole nitrogens is 1. The number of anilines is 1. The molecule has 0 aliphatic heterocycles. The molecular weight excluding hydrogens is 510 g/mol. The summed E-state index contributed by atoms with van der Waals surface area (Å²) in [6.45, 7) is 0. The summed E-state index contributed by atoms with van der Waals surface area (Å²) in [6.07, 6.45) is 0. The highest BCUT2D eigenvalue weighted by molar-refractivity contribution is 9.10. The molecular formula is C23H18Br2N3O2+. The maximum atomic E-state index is 13.2. The molecule has 4 N–H and O–H groups in total. The molecule has 1 heterocycles. The van der Waals surface area contributed by atoms with Crippen molar-refractivity contribution < 1.29 is 14.9 Å². The van der Waals surface area contributed by atoms with Crippen LogP contribution in [0.15, 0.2) is 93.9 Å². The highest BCUT2D eigenvalue weighted by atomic mass is 79.9. The molecule has 30 heavy (non-hydrogen) atoms. The van der Waals surface area contributed by atoms with Crippen molar-refractivity contribution in [2.45, 2.75) is 5.60 Å². The molecule has 0 unspecified atom stereocenters. The Morgan fingerprint density at radius 3 is 1.97 bits per heavy atom. The Hall–Kier alpha value is -2.74. The second-order valence-electron chi connectivity index (χ2n) is 6.76. The minimum Gasteiger partial charge on any atom is -0.372 e. The van der Waals surface area contributed by atoms with Gasteiger partial charge in [-0.2, -0.15) is 10.9 Å². The quantitative estimate of drug-likeness (QED) is 0.333. The Morgan fingerprint density at radius 1 is 0.800 bits per heavy atom. The molecule has 1 amide bonds. The van der Waals surface area contributed by atoms with Gasteiger partial charge in [-0.05, 0) is 47.5 Å². The van der Waals surface area contributed by atoms with Gasteiger partial charge in [0.2, 0.25) is 0 Å². The van der Waals surface area contributed by atoms with Crippen LogP contribution < -0.4 is 15.8 Å². The van der Waals surface area contributed by atoms with Gasteiger partial charge in [-0.15, -0.1) is 0 Å². The highest BCUT2D eigenvalue weighted by Crippen LogP contribution is 2.32. The lowest BCUT2D eigenvalue weighted by atomic mass is 9.85. The fourth-order valence-electron chi connectivity index (χ4n) is 3.21. The van der Waals surface area contributed by atoms with E-state index in [1.807, 2.05) is 36.4 Å². The number of aromatic nitrogens is 1. The first-order valence-corrected chi connectivity index (χ1v) is 10.8. The van der Waals surface area contributed by atoms with E-state index in [9.17, 15) is 9.90 Å². The average molecular weight is 528 g/mol. The Bertz CT molecular complexity index is 1150. The fraction of sp³-hybridized carbons (Fsp3) is 0.0435. The van der Waals surface area contributed by atoms with Crippen LogP contribution >= 0.6 is 31.9 Å². The third-order valence-corrected chi connectivity index (χ3v) is 5.88. The number of aliphatic hydroxyl groups is 1. The summed E-state index contributed by atoms with van der Waals surface area (Å²) in [5, 5.41) is 12.6. The summed E-state index contributed by atoms with van der Waals surface area (Å²) >= 11 is 6.78. The average Bonchev–Trinajstić information content (AvgIpc) is 2.77. The summed E-state index contributed by atoms with van der Waals surface area (Å²) in [4.78, 5) is 16.4. The second kappa shape index (κ2) is 8.55. The van der Waals surface area contributed by atoms with Crippen molar-refractivity contribution in [2.75, 3.05) is 5.43 Å². The van der Waals surface area contributed by atoms with Crippen molar-refractivity contribution in [1.82, 2.24) is 5.43 Å². The molecule has 5 nitrogen and oxygen atoms in total. The van der Waals surface area contributed by atoms with Crippen LogP contribution in [0.1, 0.15) is 11.1 Å². The van der Waals surface area contributed by atoms with Gasteiger partial charge in [-0.3, -0.25) is 4.79 Å². The molecule has 4 rings (SSSR count). The predicted octanol–water partition coefficient (Wildman–Crippen LogP) is 4.56. The van der Waals surface area contributed by atoms with E-state index in [1.165, 1.54) is 0 Å². The summed E-state index contributed by atoms with van der Waals surface area (Å²) < 4.78 is 1.71. The maximum absolute atomic E-state index is 13.2. The Balaban J connectivity index is 1.64. The number of aromatic amines is 1. The van der Waals surface area contributed by atoms with Crippen molar-refractivity contribution in [3.05, 3.63) is 105 Å². The molecule has 0 atom stereocenters. The van der Waals surface area contributed by atoms with Gasteiger partial charge in [-0.25, -0.2) is 4.98 Å². The normalized spacial score (nSPS) is 11.3. The van der Waals surface area contributed by atoms with Crippen molar-refractivity contribution in [1.29, 1.82) is 0 Å². The van der Waals surface area contributed by atoms with E-state index >= 15 is 0 Å². The topological polar surface area (TPSA) is 75.5 Å². The number of para-hydroxylation sites is 1. The molecule has 7 heteroatoms. The number of rotatable bonds is 5. The third kappa shape index (κ3) is 4.09. The maximum Gasteiger partial charge on any atom is 0.296 e. The number of benzene rings is 3. The molecule has 0 bridgehead atoms. The van der Waals surface area contributed by atoms with E-state index in [2.05, 4.69) is 47.7 Å². The lowest BCUT2D eigenvalue weighted by Gasteiger charge is -2.27. The second-order valence-corrected chi connectivity index (χ2v) is 8.59. The van der Waals surface area contributed by atoms with E-state index in [1.54, 1.807) is 48.5 Å². The molecule has 0 spiro atoms. The molecule has 4 aromatic rings. The zero-order valence-corrected chi connectivity index (χ0v) is 18.9. The van der Waals surface area contributed by atoms with E-state index in [4.69, 9.17) is 0 Å². The van der Waals surface area contributed by atoms with Gasteiger partial charge in [0.15, 0.2) is 5.60 Å². The van der Waals surface area contributed by atoms with Gasteiger partial charge in [0, 0.05) is 20.4 Å². The van der Waals surface area contributed by atoms with Crippen LogP contribution in [0.4, 0.5) is 5.82 Å². The number of carbonyl (C=O) groups is 1. The molecule has 3 aromatic carbocycles. The van der Waals surface area contributed by atoms with E-state index in [0.717, 1.165) is 19.8 Å². The number of halogens is 2. The van der Waals surface area contributed by atoms with Crippen molar-refractivity contribution in [3.63, 3.8) is 0 Å². The van der Waals surface area contributed by atoms with E-state index in [0.29, 0.717) is 16.9 Å². The molecule has 0 aliphatic carbocycles. The third-order valence-electron chi connectivity index (χ3n) is 4.82. The van der Waals surface area contributed by atoms with Crippen LogP contribution in [0.25, 0.3) is 10.9 Å². The SMILES string of the molecule is O=C(NNc1ccc2ccccc2[nH+]1)C(O)(c1ccc(Br)cc1)c1ccc(Br)cc1. The Labute approximate surface area is 190 Å². The molecule has 0 saturated carbocycles. The van der Waals surface area contributed by atoms with Gasteiger partial charge >= 0.3 is 0 Å². The van der Waals surface area contributed by atoms with Gasteiger partial charge < -0.3 is 5.11 Å². The number of hydrogen-bond donors (Lipinski definition) is 3.